The van der Waals surface area contributed by atoms with Crippen LogP contribution < -0.4 is 10.9 Å². The number of nitrogens with one attached hydrogen (secondary N) is 2. The van der Waals surface area contributed by atoms with Crippen LogP contribution in [0.1, 0.15) is 37.2 Å². The number of carbonyl (C=O) groups excluding carboxylic acids is 1. The Balaban J connectivity index is 2.02. The molecule has 1 aromatic heterocycles. The Morgan fingerprint density at radius 2 is 2.18 bits per heavy atom. The third kappa shape index (κ3) is 2.54. The lowest BCUT2D eigenvalue weighted by molar-refractivity contribution is 0.0921. The van der Waals surface area contributed by atoms with E-state index in [4.69, 9.17) is 0 Å². The van der Waals surface area contributed by atoms with Crippen LogP contribution in [0.3, 0.4) is 0 Å². The fourth-order valence-corrected chi connectivity index (χ4v) is 2.28. The lowest BCUT2D eigenvalue weighted by atomic mass is 9.98. The van der Waals surface area contributed by atoms with Gasteiger partial charge in [-0.2, -0.15) is 5.10 Å². The van der Waals surface area contributed by atoms with E-state index in [1.807, 2.05) is 0 Å². The number of H-pyrrole nitrogens is 1. The summed E-state index contributed by atoms with van der Waals surface area (Å²) in [4.78, 5) is 22.7. The molecule has 3 atom stereocenters. The molecule has 1 heterocycles. The molecule has 0 bridgehead atoms. The number of carbonyl (C=O) groups is 1. The van der Waals surface area contributed by atoms with Crippen LogP contribution in [0, 0.1) is 11.8 Å². The van der Waals surface area contributed by atoms with Crippen molar-refractivity contribution in [2.24, 2.45) is 11.8 Å². The highest BCUT2D eigenvalue weighted by Crippen LogP contribution is 2.31. The molecule has 0 aromatic carbocycles. The van der Waals surface area contributed by atoms with Crippen LogP contribution in [-0.4, -0.2) is 22.1 Å². The van der Waals surface area contributed by atoms with Crippen LogP contribution in [0.5, 0.6) is 0 Å². The van der Waals surface area contributed by atoms with Gasteiger partial charge in [-0.05, 0) is 30.7 Å². The van der Waals surface area contributed by atoms with Crippen molar-refractivity contribution in [3.8, 4) is 0 Å². The molecular weight excluding hydrogens is 218 g/mol. The highest BCUT2D eigenvalue weighted by Gasteiger charge is 2.31. The topological polar surface area (TPSA) is 74.8 Å². The molecule has 5 heteroatoms. The van der Waals surface area contributed by atoms with Gasteiger partial charge in [0.05, 0.1) is 0 Å². The smallest absolute Gasteiger partial charge is 0.271 e. The average molecular weight is 235 g/mol. The Hall–Kier alpha value is -1.65. The summed E-state index contributed by atoms with van der Waals surface area (Å²) >= 11 is 0. The van der Waals surface area contributed by atoms with Crippen molar-refractivity contribution < 1.29 is 4.79 Å². The van der Waals surface area contributed by atoms with Gasteiger partial charge in [-0.3, -0.25) is 9.59 Å². The predicted molar refractivity (Wildman–Crippen MR) is 63.7 cm³/mol. The van der Waals surface area contributed by atoms with Gasteiger partial charge in [-0.1, -0.05) is 13.8 Å². The minimum atomic E-state index is -0.301. The summed E-state index contributed by atoms with van der Waals surface area (Å²) in [7, 11) is 0. The monoisotopic (exact) mass is 235 g/mol. The molecule has 1 fully saturated rings. The van der Waals surface area contributed by atoms with Crippen LogP contribution in [0.25, 0.3) is 0 Å². The van der Waals surface area contributed by atoms with Crippen LogP contribution in [0.2, 0.25) is 0 Å². The third-order valence-electron chi connectivity index (χ3n) is 3.69. The van der Waals surface area contributed by atoms with Gasteiger partial charge in [-0.15, -0.1) is 0 Å². The Morgan fingerprint density at radius 3 is 2.71 bits per heavy atom. The normalized spacial score (nSPS) is 28.0. The lowest BCUT2D eigenvalue weighted by Crippen LogP contribution is -2.38. The van der Waals surface area contributed by atoms with Crippen molar-refractivity contribution in [2.75, 3.05) is 0 Å². The van der Waals surface area contributed by atoms with Crippen molar-refractivity contribution in [1.29, 1.82) is 0 Å². The molecule has 0 radical (unpaired) electrons. The molecule has 17 heavy (non-hydrogen) atoms. The average Bonchev–Trinajstić information content (AvgIpc) is 2.62. The second-order valence-corrected chi connectivity index (χ2v) is 4.80. The van der Waals surface area contributed by atoms with E-state index in [2.05, 4.69) is 29.4 Å². The summed E-state index contributed by atoms with van der Waals surface area (Å²) < 4.78 is 0. The molecule has 1 aliphatic carbocycles. The number of nitrogens with zero attached hydrogens (tertiary/aromatic N) is 1. The largest absolute Gasteiger partial charge is 0.348 e. The number of aromatic nitrogens is 2. The number of aromatic amines is 1. The van der Waals surface area contributed by atoms with Gasteiger partial charge in [0, 0.05) is 12.1 Å². The standard InChI is InChI=1S/C12H17N3O2/c1-7-3-4-9(8(7)2)13-12(17)10-5-6-11(16)15-14-10/h5-9H,3-4H2,1-2H3,(H,13,17)(H,15,16). The van der Waals surface area contributed by atoms with E-state index in [1.165, 1.54) is 12.1 Å². The van der Waals surface area contributed by atoms with Crippen molar-refractivity contribution in [3.05, 3.63) is 28.2 Å². The van der Waals surface area contributed by atoms with Gasteiger partial charge >= 0.3 is 0 Å². The second kappa shape index (κ2) is 4.69. The van der Waals surface area contributed by atoms with Crippen molar-refractivity contribution in [3.63, 3.8) is 0 Å². The highest BCUT2D eigenvalue weighted by molar-refractivity contribution is 5.92. The summed E-state index contributed by atoms with van der Waals surface area (Å²) in [5.41, 5.74) is -0.0410. The van der Waals surface area contributed by atoms with Crippen LogP contribution in [0.15, 0.2) is 16.9 Å². The van der Waals surface area contributed by atoms with Crippen LogP contribution in [0.4, 0.5) is 0 Å². The van der Waals surface area contributed by atoms with E-state index in [9.17, 15) is 9.59 Å². The first-order valence-electron chi connectivity index (χ1n) is 5.94. The Bertz CT molecular complexity index is 449. The van der Waals surface area contributed by atoms with E-state index in [0.717, 1.165) is 12.8 Å². The first-order chi connectivity index (χ1) is 8.08. The van der Waals surface area contributed by atoms with Gasteiger partial charge in [0.1, 0.15) is 5.69 Å². The molecule has 1 amide bonds. The van der Waals surface area contributed by atoms with Crippen LogP contribution in [-0.2, 0) is 0 Å². The molecule has 0 spiro atoms. The molecule has 3 unspecified atom stereocenters. The van der Waals surface area contributed by atoms with Gasteiger partial charge in [0.15, 0.2) is 0 Å². The maximum atomic E-state index is 11.9. The SMILES string of the molecule is CC1CCC(NC(=O)c2ccc(=O)[nH]n2)C1C. The van der Waals surface area contributed by atoms with Gasteiger partial charge in [-0.25, -0.2) is 5.10 Å². The minimum Gasteiger partial charge on any atom is -0.348 e. The molecular formula is C12H17N3O2. The zero-order valence-corrected chi connectivity index (χ0v) is 10.1. The molecule has 92 valence electrons. The first kappa shape index (κ1) is 11.8. The minimum absolute atomic E-state index is 0.214. The van der Waals surface area contributed by atoms with E-state index >= 15 is 0 Å². The zero-order chi connectivity index (χ0) is 12.4. The number of hydrogen-bond acceptors (Lipinski definition) is 3. The third-order valence-corrected chi connectivity index (χ3v) is 3.69. The van der Waals surface area contributed by atoms with E-state index in [1.54, 1.807) is 0 Å². The Labute approximate surface area is 99.6 Å². The Morgan fingerprint density at radius 1 is 1.41 bits per heavy atom. The van der Waals surface area contributed by atoms with Crippen molar-refractivity contribution in [1.82, 2.24) is 15.5 Å². The lowest BCUT2D eigenvalue weighted by Gasteiger charge is -2.19. The summed E-state index contributed by atoms with van der Waals surface area (Å²) in [6.45, 7) is 4.36. The van der Waals surface area contributed by atoms with E-state index in [-0.39, 0.29) is 23.2 Å². The molecule has 2 rings (SSSR count). The second-order valence-electron chi connectivity index (χ2n) is 4.80. The molecule has 5 nitrogen and oxygen atoms in total. The van der Waals surface area contributed by atoms with Crippen molar-refractivity contribution in [2.45, 2.75) is 32.7 Å². The maximum Gasteiger partial charge on any atom is 0.271 e. The quantitative estimate of drug-likeness (QED) is 0.801. The first-order valence-corrected chi connectivity index (χ1v) is 5.94. The van der Waals surface area contributed by atoms with Gasteiger partial charge in [0.25, 0.3) is 11.5 Å². The molecule has 1 aromatic rings. The number of amides is 1. The zero-order valence-electron chi connectivity index (χ0n) is 10.1. The van der Waals surface area contributed by atoms with Crippen LogP contribution >= 0.6 is 0 Å². The molecule has 0 aliphatic heterocycles. The maximum absolute atomic E-state index is 11.9. The fraction of sp³-hybridized carbons (Fsp3) is 0.583. The predicted octanol–water partition coefficient (Wildman–Crippen LogP) is 0.934. The van der Waals surface area contributed by atoms with Gasteiger partial charge in [0.2, 0.25) is 0 Å². The number of rotatable bonds is 2. The number of hydrogen-bond donors (Lipinski definition) is 2. The van der Waals surface area contributed by atoms with Gasteiger partial charge < -0.3 is 5.32 Å². The van der Waals surface area contributed by atoms with E-state index < -0.39 is 0 Å². The van der Waals surface area contributed by atoms with E-state index in [0.29, 0.717) is 11.8 Å². The summed E-state index contributed by atoms with van der Waals surface area (Å²) in [5.74, 6) is 0.915. The summed E-state index contributed by atoms with van der Waals surface area (Å²) in [6, 6.07) is 2.96. The summed E-state index contributed by atoms with van der Waals surface area (Å²) in [5, 5.41) is 8.95. The fourth-order valence-electron chi connectivity index (χ4n) is 2.28. The van der Waals surface area contributed by atoms with Crippen molar-refractivity contribution >= 4 is 5.91 Å². The Kier molecular flexibility index (Phi) is 3.26. The molecule has 2 N–H and O–H groups in total. The molecule has 1 aliphatic rings. The summed E-state index contributed by atoms with van der Waals surface area (Å²) in [6.07, 6.45) is 2.16. The molecule has 0 saturated heterocycles. The molecule has 1 saturated carbocycles. The highest BCUT2D eigenvalue weighted by atomic mass is 16.2.